The minimum Gasteiger partial charge on any atom is -0.353 e. The molecular weight excluding hydrogens is 436 g/mol. The fourth-order valence-electron chi connectivity index (χ4n) is 5.72. The van der Waals surface area contributed by atoms with Crippen LogP contribution in [-0.4, -0.2) is 66.4 Å². The van der Waals surface area contributed by atoms with Crippen molar-refractivity contribution in [1.29, 1.82) is 0 Å². The predicted octanol–water partition coefficient (Wildman–Crippen LogP) is 3.08. The molecule has 0 bridgehead atoms. The fraction of sp³-hybridized carbons (Fsp3) is 0.462. The van der Waals surface area contributed by atoms with Crippen molar-refractivity contribution in [1.82, 2.24) is 15.1 Å². The average Bonchev–Trinajstić information content (AvgIpc) is 3.40. The number of nitrogens with one attached hydrogen (secondary N) is 1. The minimum atomic E-state index is -0.180. The van der Waals surface area contributed by atoms with Crippen LogP contribution in [0.2, 0.25) is 5.02 Å². The van der Waals surface area contributed by atoms with Crippen LogP contribution in [-0.2, 0) is 22.6 Å². The Bertz CT molecular complexity index is 1040. The molecule has 0 radical (unpaired) electrons. The van der Waals surface area contributed by atoms with Crippen LogP contribution >= 0.6 is 11.6 Å². The quantitative estimate of drug-likeness (QED) is 0.735. The number of hydrogen-bond donors (Lipinski definition) is 1. The van der Waals surface area contributed by atoms with Gasteiger partial charge in [0.05, 0.1) is 0 Å². The van der Waals surface area contributed by atoms with Crippen molar-refractivity contribution in [2.45, 2.75) is 50.4 Å². The maximum Gasteiger partial charge on any atom is 0.239 e. The molecule has 1 N–H and O–H groups in total. The molecule has 0 saturated carbocycles. The Hall–Kier alpha value is -2.41. The minimum absolute atomic E-state index is 0.0914. The van der Waals surface area contributed by atoms with Gasteiger partial charge < -0.3 is 10.2 Å². The number of likely N-dealkylation sites (N-methyl/N-ethyl adjacent to an activating group) is 1. The molecule has 0 spiro atoms. The summed E-state index contributed by atoms with van der Waals surface area (Å²) in [4.78, 5) is 32.6. The van der Waals surface area contributed by atoms with Gasteiger partial charge in [0.2, 0.25) is 11.8 Å². The summed E-state index contributed by atoms with van der Waals surface area (Å²) in [6.45, 7) is 2.92. The van der Waals surface area contributed by atoms with Crippen molar-refractivity contribution in [3.8, 4) is 0 Å². The molecule has 5 rings (SSSR count). The third-order valence-electron chi connectivity index (χ3n) is 7.50. The molecule has 2 fully saturated rings. The first kappa shape index (κ1) is 22.4. The Morgan fingerprint density at radius 2 is 2.00 bits per heavy atom. The third-order valence-corrected chi connectivity index (χ3v) is 7.74. The van der Waals surface area contributed by atoms with E-state index in [4.69, 9.17) is 11.6 Å². The number of carbonyl (C=O) groups excluding carboxylic acids is 2. The van der Waals surface area contributed by atoms with E-state index in [9.17, 15) is 9.59 Å². The largest absolute Gasteiger partial charge is 0.353 e. The summed E-state index contributed by atoms with van der Waals surface area (Å²) in [5.74, 6) is 0.267. The molecule has 3 atom stereocenters. The Morgan fingerprint density at radius 1 is 1.15 bits per heavy atom. The van der Waals surface area contributed by atoms with Gasteiger partial charge in [-0.2, -0.15) is 0 Å². The lowest BCUT2D eigenvalue weighted by Gasteiger charge is -2.33. The molecule has 0 aromatic heterocycles. The Balaban J connectivity index is 1.23. The van der Waals surface area contributed by atoms with Gasteiger partial charge in [-0.3, -0.25) is 19.4 Å². The second-order valence-corrected chi connectivity index (χ2v) is 9.86. The number of likely N-dealkylation sites (tertiary alicyclic amines) is 1. The number of anilines is 1. The molecule has 2 aromatic carbocycles. The zero-order valence-electron chi connectivity index (χ0n) is 19.0. The predicted molar refractivity (Wildman–Crippen MR) is 130 cm³/mol. The number of fused-ring (bicyclic) bond motifs is 2. The average molecular weight is 467 g/mol. The fourth-order valence-corrected chi connectivity index (χ4v) is 5.93. The van der Waals surface area contributed by atoms with Gasteiger partial charge in [0.25, 0.3) is 0 Å². The standard InChI is InChI=1S/C26H31ClN4O2/c1-29-21(9-10-24(32)31-14-11-19-6-2-3-8-22(19)31)16-28-26(33)25-23(29)12-13-30(25)17-18-5-4-7-20(27)15-18/h2-8,15,21,23,25H,9-14,16-17H2,1H3,(H,28,33). The van der Waals surface area contributed by atoms with E-state index in [0.29, 0.717) is 19.5 Å². The molecule has 7 heteroatoms. The number of para-hydroxylation sites is 1. The maximum absolute atomic E-state index is 13.1. The van der Waals surface area contributed by atoms with E-state index >= 15 is 0 Å². The molecule has 174 valence electrons. The highest BCUT2D eigenvalue weighted by atomic mass is 35.5. The van der Waals surface area contributed by atoms with E-state index in [1.807, 2.05) is 41.3 Å². The van der Waals surface area contributed by atoms with E-state index in [0.717, 1.165) is 48.6 Å². The first-order chi connectivity index (χ1) is 16.0. The second-order valence-electron chi connectivity index (χ2n) is 9.43. The lowest BCUT2D eigenvalue weighted by molar-refractivity contribution is -0.126. The molecule has 0 aliphatic carbocycles. The summed E-state index contributed by atoms with van der Waals surface area (Å²) in [6, 6.07) is 16.1. The molecule has 3 heterocycles. The summed E-state index contributed by atoms with van der Waals surface area (Å²) < 4.78 is 0. The van der Waals surface area contributed by atoms with Gasteiger partial charge in [0.1, 0.15) is 6.04 Å². The Kier molecular flexibility index (Phi) is 6.41. The molecule has 6 nitrogen and oxygen atoms in total. The van der Waals surface area contributed by atoms with Gasteiger partial charge >= 0.3 is 0 Å². The van der Waals surface area contributed by atoms with Crippen LogP contribution in [0.25, 0.3) is 0 Å². The molecule has 2 aromatic rings. The van der Waals surface area contributed by atoms with Crippen molar-refractivity contribution >= 4 is 29.1 Å². The van der Waals surface area contributed by atoms with Crippen LogP contribution in [0.1, 0.15) is 30.4 Å². The Labute approximate surface area is 200 Å². The topological polar surface area (TPSA) is 55.9 Å². The van der Waals surface area contributed by atoms with Gasteiger partial charge in [0.15, 0.2) is 0 Å². The van der Waals surface area contributed by atoms with Crippen LogP contribution in [0.4, 0.5) is 5.69 Å². The number of halogens is 1. The highest BCUT2D eigenvalue weighted by Gasteiger charge is 2.45. The summed E-state index contributed by atoms with van der Waals surface area (Å²) in [5, 5.41) is 3.88. The highest BCUT2D eigenvalue weighted by Crippen LogP contribution is 2.31. The second kappa shape index (κ2) is 9.45. The lowest BCUT2D eigenvalue weighted by Crippen LogP contribution is -2.49. The molecule has 3 aliphatic heterocycles. The number of carbonyl (C=O) groups is 2. The molecule has 2 saturated heterocycles. The lowest BCUT2D eigenvalue weighted by atomic mass is 10.0. The normalized spacial score (nSPS) is 25.5. The zero-order chi connectivity index (χ0) is 22.9. The third kappa shape index (κ3) is 4.52. The van der Waals surface area contributed by atoms with Crippen molar-refractivity contribution < 1.29 is 9.59 Å². The van der Waals surface area contributed by atoms with Gasteiger partial charge in [-0.15, -0.1) is 0 Å². The number of rotatable bonds is 5. The van der Waals surface area contributed by atoms with E-state index in [1.54, 1.807) is 0 Å². The van der Waals surface area contributed by atoms with E-state index in [1.165, 1.54) is 5.56 Å². The van der Waals surface area contributed by atoms with E-state index in [-0.39, 0.29) is 29.9 Å². The monoisotopic (exact) mass is 466 g/mol. The van der Waals surface area contributed by atoms with Gasteiger partial charge in [-0.1, -0.05) is 41.9 Å². The van der Waals surface area contributed by atoms with Gasteiger partial charge in [-0.25, -0.2) is 0 Å². The van der Waals surface area contributed by atoms with Crippen LogP contribution < -0.4 is 10.2 Å². The van der Waals surface area contributed by atoms with E-state index < -0.39 is 0 Å². The molecule has 2 amide bonds. The van der Waals surface area contributed by atoms with Crippen molar-refractivity contribution in [3.05, 3.63) is 64.7 Å². The molecule has 3 aliphatic rings. The molecule has 33 heavy (non-hydrogen) atoms. The first-order valence-electron chi connectivity index (χ1n) is 11.9. The number of hydrogen-bond acceptors (Lipinski definition) is 4. The van der Waals surface area contributed by atoms with Gasteiger partial charge in [-0.05, 0) is 55.6 Å². The van der Waals surface area contributed by atoms with Gasteiger partial charge in [0, 0.05) is 55.4 Å². The van der Waals surface area contributed by atoms with Crippen LogP contribution in [0.3, 0.4) is 0 Å². The smallest absolute Gasteiger partial charge is 0.239 e. The highest BCUT2D eigenvalue weighted by molar-refractivity contribution is 6.30. The summed E-state index contributed by atoms with van der Waals surface area (Å²) >= 11 is 6.16. The van der Waals surface area contributed by atoms with Crippen molar-refractivity contribution in [3.63, 3.8) is 0 Å². The van der Waals surface area contributed by atoms with Crippen molar-refractivity contribution in [2.75, 3.05) is 31.6 Å². The Morgan fingerprint density at radius 3 is 2.85 bits per heavy atom. The first-order valence-corrected chi connectivity index (χ1v) is 12.3. The number of benzene rings is 2. The summed E-state index contributed by atoms with van der Waals surface area (Å²) in [5.41, 5.74) is 3.42. The number of amides is 2. The summed E-state index contributed by atoms with van der Waals surface area (Å²) in [6.07, 6.45) is 3.10. The van der Waals surface area contributed by atoms with Crippen LogP contribution in [0.15, 0.2) is 48.5 Å². The van der Waals surface area contributed by atoms with E-state index in [2.05, 4.69) is 34.3 Å². The van der Waals surface area contributed by atoms with Crippen LogP contribution in [0, 0.1) is 0 Å². The molecular formula is C26H31ClN4O2. The van der Waals surface area contributed by atoms with Crippen molar-refractivity contribution in [2.24, 2.45) is 0 Å². The zero-order valence-corrected chi connectivity index (χ0v) is 19.8. The SMILES string of the molecule is CN1C(CCC(=O)N2CCc3ccccc32)CNC(=O)C2C1CCN2Cc1cccc(Cl)c1. The number of nitrogens with zero attached hydrogens (tertiary/aromatic N) is 3. The molecule has 3 unspecified atom stereocenters. The van der Waals surface area contributed by atoms with Crippen LogP contribution in [0.5, 0.6) is 0 Å². The maximum atomic E-state index is 13.1. The summed E-state index contributed by atoms with van der Waals surface area (Å²) in [7, 11) is 2.11.